The summed E-state index contributed by atoms with van der Waals surface area (Å²) in [7, 11) is 0. The second kappa shape index (κ2) is 7.81. The van der Waals surface area contributed by atoms with Gasteiger partial charge < -0.3 is 9.57 Å². The van der Waals surface area contributed by atoms with Crippen molar-refractivity contribution in [2.24, 2.45) is 5.16 Å². The third-order valence-corrected chi connectivity index (χ3v) is 3.40. The standard InChI is InChI=1S/C11H13NO2.C8H9NO2/c1-8-4-6-9(7-5-8)10-12-14-11(2,3)13-10;1-6-2-4-7(5-3-6)8(10)9-11/h4-7H,1-3H3;2-5,11H,1H3,(H,9,10). The molecule has 1 amide bonds. The van der Waals surface area contributed by atoms with Gasteiger partial charge >= 0.3 is 0 Å². The molecule has 0 bridgehead atoms. The normalized spacial score (nSPS) is 14.4. The number of nitrogens with one attached hydrogen (secondary N) is 1. The predicted molar refractivity (Wildman–Crippen MR) is 94.4 cm³/mol. The van der Waals surface area contributed by atoms with Gasteiger partial charge in [-0.1, -0.05) is 35.4 Å². The molecule has 2 N–H and O–H groups in total. The highest BCUT2D eigenvalue weighted by atomic mass is 16.8. The summed E-state index contributed by atoms with van der Waals surface area (Å²) in [5.74, 6) is -0.569. The monoisotopic (exact) mass is 342 g/mol. The maximum atomic E-state index is 10.8. The van der Waals surface area contributed by atoms with Gasteiger partial charge in [-0.2, -0.15) is 0 Å². The van der Waals surface area contributed by atoms with E-state index in [1.807, 2.05) is 64.1 Å². The van der Waals surface area contributed by atoms with Crippen LogP contribution in [0.1, 0.15) is 40.9 Å². The third kappa shape index (κ3) is 5.32. The van der Waals surface area contributed by atoms with Crippen LogP contribution in [-0.2, 0) is 9.57 Å². The van der Waals surface area contributed by atoms with E-state index in [1.165, 1.54) is 5.56 Å². The molecule has 0 fully saturated rings. The summed E-state index contributed by atoms with van der Waals surface area (Å²) >= 11 is 0. The number of nitrogens with zero attached hydrogens (tertiary/aromatic N) is 1. The van der Waals surface area contributed by atoms with Crippen LogP contribution in [0.25, 0.3) is 0 Å². The van der Waals surface area contributed by atoms with Crippen molar-refractivity contribution in [3.63, 3.8) is 0 Å². The van der Waals surface area contributed by atoms with Gasteiger partial charge in [0, 0.05) is 25.0 Å². The van der Waals surface area contributed by atoms with Crippen LogP contribution < -0.4 is 5.48 Å². The fourth-order valence-corrected chi connectivity index (χ4v) is 2.00. The minimum absolute atomic E-state index is 0.457. The Kier molecular flexibility index (Phi) is 5.77. The highest BCUT2D eigenvalue weighted by molar-refractivity contribution is 5.94. The number of amides is 1. The molecular formula is C19H22N2O4. The number of ether oxygens (including phenoxy) is 1. The number of hydroxylamine groups is 1. The molecule has 0 aromatic heterocycles. The molecule has 0 saturated heterocycles. The molecule has 2 aromatic rings. The Labute approximate surface area is 147 Å². The number of hydrogen-bond donors (Lipinski definition) is 2. The van der Waals surface area contributed by atoms with Crippen molar-refractivity contribution in [3.05, 3.63) is 70.8 Å². The summed E-state index contributed by atoms with van der Waals surface area (Å²) in [6.45, 7) is 7.64. The number of rotatable bonds is 2. The molecule has 6 nitrogen and oxygen atoms in total. The molecule has 132 valence electrons. The van der Waals surface area contributed by atoms with Gasteiger partial charge in [0.15, 0.2) is 0 Å². The van der Waals surface area contributed by atoms with Crippen molar-refractivity contribution in [2.45, 2.75) is 33.5 Å². The highest BCUT2D eigenvalue weighted by Gasteiger charge is 2.30. The molecule has 1 aliphatic rings. The Hall–Kier alpha value is -2.86. The van der Waals surface area contributed by atoms with E-state index in [0.717, 1.165) is 11.1 Å². The van der Waals surface area contributed by atoms with Gasteiger partial charge in [-0.05, 0) is 43.3 Å². The van der Waals surface area contributed by atoms with Crippen LogP contribution in [0.3, 0.4) is 0 Å². The van der Waals surface area contributed by atoms with Crippen LogP contribution in [0.2, 0.25) is 0 Å². The smallest absolute Gasteiger partial charge is 0.274 e. The molecule has 0 radical (unpaired) electrons. The molecule has 25 heavy (non-hydrogen) atoms. The lowest BCUT2D eigenvalue weighted by atomic mass is 10.1. The summed E-state index contributed by atoms with van der Waals surface area (Å²) < 4.78 is 5.50. The number of hydrogen-bond acceptors (Lipinski definition) is 5. The first kappa shape index (κ1) is 18.5. The average Bonchev–Trinajstić information content (AvgIpc) is 2.96. The molecule has 1 aliphatic heterocycles. The van der Waals surface area contributed by atoms with Gasteiger partial charge in [-0.25, -0.2) is 5.48 Å². The number of aryl methyl sites for hydroxylation is 2. The molecule has 1 heterocycles. The van der Waals surface area contributed by atoms with E-state index in [4.69, 9.17) is 14.8 Å². The quantitative estimate of drug-likeness (QED) is 0.646. The zero-order valence-corrected chi connectivity index (χ0v) is 14.7. The summed E-state index contributed by atoms with van der Waals surface area (Å²) in [5.41, 5.74) is 5.26. The third-order valence-electron chi connectivity index (χ3n) is 3.40. The molecular weight excluding hydrogens is 320 g/mol. The molecule has 0 spiro atoms. The van der Waals surface area contributed by atoms with Crippen molar-refractivity contribution in [1.29, 1.82) is 0 Å². The van der Waals surface area contributed by atoms with Crippen LogP contribution in [0.15, 0.2) is 53.7 Å². The van der Waals surface area contributed by atoms with Crippen LogP contribution >= 0.6 is 0 Å². The van der Waals surface area contributed by atoms with E-state index in [1.54, 1.807) is 17.6 Å². The molecule has 6 heteroatoms. The first-order chi connectivity index (χ1) is 11.8. The second-order valence-corrected chi connectivity index (χ2v) is 6.16. The molecule has 0 aliphatic carbocycles. The van der Waals surface area contributed by atoms with Crippen molar-refractivity contribution in [1.82, 2.24) is 5.48 Å². The summed E-state index contributed by atoms with van der Waals surface area (Å²) in [6.07, 6.45) is 0. The minimum atomic E-state index is -0.639. The zero-order chi connectivity index (χ0) is 18.4. The van der Waals surface area contributed by atoms with Gasteiger partial charge in [0.25, 0.3) is 17.6 Å². The highest BCUT2D eigenvalue weighted by Crippen LogP contribution is 2.22. The number of carbonyl (C=O) groups excluding carboxylic acids is 1. The Morgan fingerprint density at radius 1 is 1.00 bits per heavy atom. The fraction of sp³-hybridized carbons (Fsp3) is 0.263. The zero-order valence-electron chi connectivity index (χ0n) is 14.7. The first-order valence-electron chi connectivity index (χ1n) is 7.84. The van der Waals surface area contributed by atoms with Crippen LogP contribution in [-0.4, -0.2) is 22.8 Å². The van der Waals surface area contributed by atoms with E-state index >= 15 is 0 Å². The molecule has 0 saturated carbocycles. The van der Waals surface area contributed by atoms with E-state index < -0.39 is 11.7 Å². The maximum absolute atomic E-state index is 10.8. The molecule has 3 rings (SSSR count). The maximum Gasteiger partial charge on any atom is 0.274 e. The second-order valence-electron chi connectivity index (χ2n) is 6.16. The summed E-state index contributed by atoms with van der Waals surface area (Å²) in [5, 5.41) is 12.1. The molecule has 2 aromatic carbocycles. The number of oxime groups is 1. The lowest BCUT2D eigenvalue weighted by Gasteiger charge is -2.14. The van der Waals surface area contributed by atoms with Crippen molar-refractivity contribution in [3.8, 4) is 0 Å². The lowest BCUT2D eigenvalue weighted by molar-refractivity contribution is -0.128. The SMILES string of the molecule is Cc1ccc(C(=O)NO)cc1.Cc1ccc(C2=NOC(C)(C)O2)cc1. The molecule has 0 unspecified atom stereocenters. The van der Waals surface area contributed by atoms with Gasteiger partial charge in [-0.15, -0.1) is 0 Å². The van der Waals surface area contributed by atoms with E-state index in [0.29, 0.717) is 11.5 Å². The van der Waals surface area contributed by atoms with Crippen molar-refractivity contribution in [2.75, 3.05) is 0 Å². The van der Waals surface area contributed by atoms with Gasteiger partial charge in [0.1, 0.15) is 0 Å². The Morgan fingerprint density at radius 3 is 1.96 bits per heavy atom. The minimum Gasteiger partial charge on any atom is -0.431 e. The van der Waals surface area contributed by atoms with Gasteiger partial charge in [0.2, 0.25) is 0 Å². The Morgan fingerprint density at radius 2 is 1.52 bits per heavy atom. The average molecular weight is 342 g/mol. The summed E-state index contributed by atoms with van der Waals surface area (Å²) in [6, 6.07) is 14.9. The largest absolute Gasteiger partial charge is 0.431 e. The summed E-state index contributed by atoms with van der Waals surface area (Å²) in [4.78, 5) is 15.9. The Bertz CT molecular complexity index is 750. The fourth-order valence-electron chi connectivity index (χ4n) is 2.00. The van der Waals surface area contributed by atoms with Crippen LogP contribution in [0.5, 0.6) is 0 Å². The van der Waals surface area contributed by atoms with Gasteiger partial charge in [-0.3, -0.25) is 10.0 Å². The van der Waals surface area contributed by atoms with Crippen LogP contribution in [0.4, 0.5) is 0 Å². The van der Waals surface area contributed by atoms with Gasteiger partial charge in [0.05, 0.1) is 0 Å². The predicted octanol–water partition coefficient (Wildman–Crippen LogP) is 3.55. The van der Waals surface area contributed by atoms with E-state index in [2.05, 4.69) is 5.16 Å². The Balaban J connectivity index is 0.000000186. The lowest BCUT2D eigenvalue weighted by Crippen LogP contribution is -2.22. The first-order valence-corrected chi connectivity index (χ1v) is 7.84. The topological polar surface area (TPSA) is 80.2 Å². The number of benzene rings is 2. The van der Waals surface area contributed by atoms with Crippen molar-refractivity contribution < 1.29 is 19.6 Å². The van der Waals surface area contributed by atoms with E-state index in [9.17, 15) is 4.79 Å². The van der Waals surface area contributed by atoms with Crippen molar-refractivity contribution >= 4 is 11.8 Å². The van der Waals surface area contributed by atoms with E-state index in [-0.39, 0.29) is 0 Å². The number of carbonyl (C=O) groups is 1. The van der Waals surface area contributed by atoms with Crippen LogP contribution in [0, 0.1) is 13.8 Å². The molecule has 0 atom stereocenters.